The summed E-state index contributed by atoms with van der Waals surface area (Å²) in [5, 5.41) is 0. The van der Waals surface area contributed by atoms with E-state index in [-0.39, 0.29) is 6.04 Å². The normalized spacial score (nSPS) is 16.8. The van der Waals surface area contributed by atoms with Crippen LogP contribution in [0.2, 0.25) is 0 Å². The number of likely N-dealkylation sites (N-methyl/N-ethyl adjacent to an activating group) is 1. The maximum absolute atomic E-state index is 6.33. The molecule has 0 saturated heterocycles. The van der Waals surface area contributed by atoms with Crippen molar-refractivity contribution < 1.29 is 0 Å². The van der Waals surface area contributed by atoms with Gasteiger partial charge in [0.25, 0.3) is 0 Å². The average molecular weight is 234 g/mol. The van der Waals surface area contributed by atoms with Gasteiger partial charge in [0.2, 0.25) is 0 Å². The molecule has 2 nitrogen and oxygen atoms in total. The van der Waals surface area contributed by atoms with E-state index in [4.69, 9.17) is 5.73 Å². The topological polar surface area (TPSA) is 29.3 Å². The van der Waals surface area contributed by atoms with Crippen molar-refractivity contribution in [3.63, 3.8) is 0 Å². The minimum Gasteiger partial charge on any atom is -0.323 e. The monoisotopic (exact) mass is 234 g/mol. The maximum Gasteiger partial charge on any atom is 0.0450 e. The van der Waals surface area contributed by atoms with Gasteiger partial charge in [-0.05, 0) is 32.9 Å². The molecule has 0 aliphatic heterocycles. The van der Waals surface area contributed by atoms with E-state index in [0.29, 0.717) is 12.1 Å². The smallest absolute Gasteiger partial charge is 0.0450 e. The molecule has 0 aliphatic carbocycles. The molecule has 0 aliphatic rings. The van der Waals surface area contributed by atoms with Crippen molar-refractivity contribution in [2.45, 2.75) is 51.7 Å². The predicted octanol–water partition coefficient (Wildman–Crippen LogP) is 3.20. The summed E-state index contributed by atoms with van der Waals surface area (Å²) in [6.07, 6.45) is 2.45. The predicted molar refractivity (Wildman–Crippen MR) is 75.0 cm³/mol. The maximum atomic E-state index is 6.33. The van der Waals surface area contributed by atoms with Crippen molar-refractivity contribution in [2.75, 3.05) is 7.05 Å². The molecule has 0 aromatic heterocycles. The van der Waals surface area contributed by atoms with E-state index in [1.54, 1.807) is 0 Å². The number of benzene rings is 1. The number of rotatable bonds is 6. The van der Waals surface area contributed by atoms with Gasteiger partial charge in [-0.15, -0.1) is 0 Å². The quantitative estimate of drug-likeness (QED) is 0.819. The molecule has 96 valence electrons. The first-order valence-corrected chi connectivity index (χ1v) is 6.60. The second kappa shape index (κ2) is 6.77. The summed E-state index contributed by atoms with van der Waals surface area (Å²) < 4.78 is 0. The third-order valence-corrected chi connectivity index (χ3v) is 3.75. The zero-order chi connectivity index (χ0) is 12.8. The Bertz CT molecular complexity index is 310. The Balaban J connectivity index is 2.66. The fourth-order valence-electron chi connectivity index (χ4n) is 2.23. The Kier molecular flexibility index (Phi) is 5.66. The fourth-order valence-corrected chi connectivity index (χ4v) is 2.23. The Morgan fingerprint density at radius 1 is 1.18 bits per heavy atom. The third kappa shape index (κ3) is 3.83. The van der Waals surface area contributed by atoms with Gasteiger partial charge in [0.15, 0.2) is 0 Å². The lowest BCUT2D eigenvalue weighted by molar-refractivity contribution is 0.165. The first-order chi connectivity index (χ1) is 8.07. The van der Waals surface area contributed by atoms with Gasteiger partial charge in [0.1, 0.15) is 0 Å². The van der Waals surface area contributed by atoms with E-state index in [2.05, 4.69) is 57.0 Å². The molecule has 0 fully saturated rings. The summed E-state index contributed by atoms with van der Waals surface area (Å²) in [7, 11) is 2.17. The highest BCUT2D eigenvalue weighted by Crippen LogP contribution is 2.20. The van der Waals surface area contributed by atoms with Crippen molar-refractivity contribution in [3.05, 3.63) is 35.9 Å². The summed E-state index contributed by atoms with van der Waals surface area (Å²) >= 11 is 0. The van der Waals surface area contributed by atoms with Crippen molar-refractivity contribution in [1.29, 1.82) is 0 Å². The van der Waals surface area contributed by atoms with Gasteiger partial charge in [0, 0.05) is 18.1 Å². The second-order valence-electron chi connectivity index (χ2n) is 4.98. The Labute approximate surface area is 106 Å². The van der Waals surface area contributed by atoms with Gasteiger partial charge >= 0.3 is 0 Å². The van der Waals surface area contributed by atoms with Crippen LogP contribution >= 0.6 is 0 Å². The molecule has 2 heteroatoms. The first-order valence-electron chi connectivity index (χ1n) is 6.60. The Morgan fingerprint density at radius 2 is 1.76 bits per heavy atom. The third-order valence-electron chi connectivity index (χ3n) is 3.75. The highest BCUT2D eigenvalue weighted by molar-refractivity contribution is 5.19. The van der Waals surface area contributed by atoms with Crippen LogP contribution < -0.4 is 5.73 Å². The molecule has 1 rings (SSSR count). The number of hydrogen-bond donors (Lipinski definition) is 1. The number of nitrogens with zero attached hydrogens (tertiary/aromatic N) is 1. The van der Waals surface area contributed by atoms with Gasteiger partial charge in [-0.2, -0.15) is 0 Å². The Morgan fingerprint density at radius 3 is 2.29 bits per heavy atom. The van der Waals surface area contributed by atoms with Crippen LogP contribution in [0, 0.1) is 0 Å². The van der Waals surface area contributed by atoms with Crippen LogP contribution in [0.3, 0.4) is 0 Å². The van der Waals surface area contributed by atoms with E-state index in [1.165, 1.54) is 18.4 Å². The van der Waals surface area contributed by atoms with Crippen molar-refractivity contribution >= 4 is 0 Å². The number of nitrogens with two attached hydrogens (primary N) is 1. The minimum atomic E-state index is 0.0838. The van der Waals surface area contributed by atoms with Crippen molar-refractivity contribution in [2.24, 2.45) is 5.73 Å². The first kappa shape index (κ1) is 14.2. The summed E-state index contributed by atoms with van der Waals surface area (Å²) in [5.41, 5.74) is 7.55. The van der Waals surface area contributed by atoms with E-state index < -0.39 is 0 Å². The van der Waals surface area contributed by atoms with Crippen molar-refractivity contribution in [1.82, 2.24) is 4.90 Å². The van der Waals surface area contributed by atoms with Gasteiger partial charge in [0.05, 0.1) is 0 Å². The lowest BCUT2D eigenvalue weighted by Gasteiger charge is -2.34. The number of hydrogen-bond acceptors (Lipinski definition) is 2. The van der Waals surface area contributed by atoms with Crippen LogP contribution in [0.15, 0.2) is 30.3 Å². The van der Waals surface area contributed by atoms with Crippen LogP contribution in [0.25, 0.3) is 0 Å². The van der Waals surface area contributed by atoms with E-state index in [1.807, 2.05) is 6.07 Å². The van der Waals surface area contributed by atoms with Crippen LogP contribution in [0.5, 0.6) is 0 Å². The molecule has 0 saturated carbocycles. The van der Waals surface area contributed by atoms with Crippen LogP contribution in [-0.4, -0.2) is 24.0 Å². The van der Waals surface area contributed by atoms with Crippen molar-refractivity contribution in [3.8, 4) is 0 Å². The molecule has 0 spiro atoms. The molecule has 3 atom stereocenters. The van der Waals surface area contributed by atoms with E-state index >= 15 is 0 Å². The van der Waals surface area contributed by atoms with Crippen LogP contribution in [0.1, 0.15) is 45.2 Å². The molecule has 17 heavy (non-hydrogen) atoms. The Hall–Kier alpha value is -0.860. The summed E-state index contributed by atoms with van der Waals surface area (Å²) in [6, 6.07) is 11.4. The molecule has 0 amide bonds. The zero-order valence-electron chi connectivity index (χ0n) is 11.6. The van der Waals surface area contributed by atoms with Gasteiger partial charge in [-0.3, -0.25) is 4.90 Å². The van der Waals surface area contributed by atoms with Crippen LogP contribution in [-0.2, 0) is 0 Å². The van der Waals surface area contributed by atoms with Gasteiger partial charge in [-0.25, -0.2) is 0 Å². The summed E-state index contributed by atoms with van der Waals surface area (Å²) in [5.74, 6) is 0. The molecule has 3 unspecified atom stereocenters. The molecular weight excluding hydrogens is 208 g/mol. The van der Waals surface area contributed by atoms with E-state index in [0.717, 1.165) is 0 Å². The SMILES string of the molecule is CCCC(C)N(C)C(C)C(N)c1ccccc1. The lowest BCUT2D eigenvalue weighted by Crippen LogP contribution is -2.43. The zero-order valence-corrected chi connectivity index (χ0v) is 11.6. The molecular formula is C15H26N2. The summed E-state index contributed by atoms with van der Waals surface area (Å²) in [6.45, 7) is 6.72. The van der Waals surface area contributed by atoms with Gasteiger partial charge < -0.3 is 5.73 Å². The highest BCUT2D eigenvalue weighted by atomic mass is 15.2. The molecule has 0 heterocycles. The molecule has 0 radical (unpaired) electrons. The standard InChI is InChI=1S/C15H26N2/c1-5-9-12(2)17(4)13(3)15(16)14-10-7-6-8-11-14/h6-8,10-13,15H,5,9,16H2,1-4H3. The summed E-state index contributed by atoms with van der Waals surface area (Å²) in [4.78, 5) is 2.39. The minimum absolute atomic E-state index is 0.0838. The largest absolute Gasteiger partial charge is 0.323 e. The second-order valence-corrected chi connectivity index (χ2v) is 4.98. The molecule has 1 aromatic rings. The molecule has 2 N–H and O–H groups in total. The highest BCUT2D eigenvalue weighted by Gasteiger charge is 2.21. The lowest BCUT2D eigenvalue weighted by atomic mass is 9.99. The van der Waals surface area contributed by atoms with Crippen LogP contribution in [0.4, 0.5) is 0 Å². The van der Waals surface area contributed by atoms with E-state index in [9.17, 15) is 0 Å². The molecule has 0 bridgehead atoms. The molecule has 1 aromatic carbocycles. The fraction of sp³-hybridized carbons (Fsp3) is 0.600. The van der Waals surface area contributed by atoms with Gasteiger partial charge in [-0.1, -0.05) is 43.7 Å². The average Bonchev–Trinajstić information content (AvgIpc) is 2.37.